The highest BCUT2D eigenvalue weighted by Gasteiger charge is 2.17. The van der Waals surface area contributed by atoms with Crippen molar-refractivity contribution in [2.24, 2.45) is 5.92 Å². The van der Waals surface area contributed by atoms with Crippen LogP contribution < -0.4 is 5.32 Å². The summed E-state index contributed by atoms with van der Waals surface area (Å²) < 4.78 is 29.3. The first kappa shape index (κ1) is 14.5. The Morgan fingerprint density at radius 2 is 1.93 bits per heavy atom. The SMILES string of the molecule is CC(=O)[C@@H](NCCCS(=O)(=O)O)C(C)C. The predicted molar refractivity (Wildman–Crippen MR) is 58.3 cm³/mol. The third-order valence-corrected chi connectivity index (χ3v) is 2.85. The lowest BCUT2D eigenvalue weighted by molar-refractivity contribution is -0.119. The normalized spacial score (nSPS) is 14.2. The van der Waals surface area contributed by atoms with Crippen molar-refractivity contribution in [3.63, 3.8) is 0 Å². The van der Waals surface area contributed by atoms with Gasteiger partial charge in [-0.15, -0.1) is 0 Å². The van der Waals surface area contributed by atoms with E-state index in [1.54, 1.807) is 0 Å². The molecule has 15 heavy (non-hydrogen) atoms. The zero-order valence-corrected chi connectivity index (χ0v) is 10.2. The molecule has 0 heterocycles. The second kappa shape index (κ2) is 6.19. The van der Waals surface area contributed by atoms with Crippen LogP contribution in [-0.2, 0) is 14.9 Å². The summed E-state index contributed by atoms with van der Waals surface area (Å²) in [5, 5.41) is 2.97. The van der Waals surface area contributed by atoms with Crippen LogP contribution in [-0.4, -0.2) is 37.1 Å². The van der Waals surface area contributed by atoms with E-state index in [1.165, 1.54) is 6.92 Å². The molecule has 0 fully saturated rings. The molecule has 0 unspecified atom stereocenters. The van der Waals surface area contributed by atoms with Gasteiger partial charge in [0.15, 0.2) is 0 Å². The van der Waals surface area contributed by atoms with Gasteiger partial charge in [0, 0.05) is 0 Å². The molecule has 0 aliphatic carbocycles. The first-order chi connectivity index (χ1) is 6.74. The molecular formula is C9H19NO4S. The van der Waals surface area contributed by atoms with Gasteiger partial charge in [-0.05, 0) is 25.8 Å². The quantitative estimate of drug-likeness (QED) is 0.496. The number of hydrogen-bond acceptors (Lipinski definition) is 4. The molecule has 0 aliphatic heterocycles. The van der Waals surface area contributed by atoms with E-state index >= 15 is 0 Å². The van der Waals surface area contributed by atoms with Crippen molar-refractivity contribution in [3.8, 4) is 0 Å². The van der Waals surface area contributed by atoms with E-state index in [4.69, 9.17) is 4.55 Å². The van der Waals surface area contributed by atoms with Gasteiger partial charge in [0.25, 0.3) is 10.1 Å². The van der Waals surface area contributed by atoms with Gasteiger partial charge in [0.1, 0.15) is 5.78 Å². The van der Waals surface area contributed by atoms with E-state index in [0.29, 0.717) is 13.0 Å². The molecule has 5 nitrogen and oxygen atoms in total. The largest absolute Gasteiger partial charge is 0.307 e. The first-order valence-electron chi connectivity index (χ1n) is 4.93. The summed E-state index contributed by atoms with van der Waals surface area (Å²) in [6.07, 6.45) is 0.301. The minimum Gasteiger partial charge on any atom is -0.307 e. The Morgan fingerprint density at radius 3 is 2.27 bits per heavy atom. The van der Waals surface area contributed by atoms with Crippen molar-refractivity contribution in [1.82, 2.24) is 5.32 Å². The lowest BCUT2D eigenvalue weighted by Crippen LogP contribution is -2.40. The van der Waals surface area contributed by atoms with Crippen LogP contribution in [0.3, 0.4) is 0 Å². The van der Waals surface area contributed by atoms with E-state index < -0.39 is 10.1 Å². The van der Waals surface area contributed by atoms with Crippen molar-refractivity contribution in [2.45, 2.75) is 33.2 Å². The zero-order chi connectivity index (χ0) is 12.1. The Morgan fingerprint density at radius 1 is 1.40 bits per heavy atom. The number of nitrogens with one attached hydrogen (secondary N) is 1. The molecule has 0 spiro atoms. The van der Waals surface area contributed by atoms with Crippen molar-refractivity contribution in [2.75, 3.05) is 12.3 Å². The third kappa shape index (κ3) is 7.47. The number of carbonyl (C=O) groups is 1. The summed E-state index contributed by atoms with van der Waals surface area (Å²) >= 11 is 0. The van der Waals surface area contributed by atoms with Crippen molar-refractivity contribution in [1.29, 1.82) is 0 Å². The van der Waals surface area contributed by atoms with Gasteiger partial charge < -0.3 is 5.32 Å². The smallest absolute Gasteiger partial charge is 0.264 e. The molecule has 0 rings (SSSR count). The summed E-state index contributed by atoms with van der Waals surface area (Å²) in [7, 11) is -3.89. The molecule has 1 atom stereocenters. The number of hydrogen-bond donors (Lipinski definition) is 2. The Bertz CT molecular complexity index is 297. The second-order valence-electron chi connectivity index (χ2n) is 3.93. The fourth-order valence-electron chi connectivity index (χ4n) is 1.36. The monoisotopic (exact) mass is 237 g/mol. The minimum atomic E-state index is -3.89. The van der Waals surface area contributed by atoms with Crippen LogP contribution in [0.2, 0.25) is 0 Å². The maximum absolute atomic E-state index is 11.1. The van der Waals surface area contributed by atoms with Gasteiger partial charge in [-0.2, -0.15) is 8.42 Å². The zero-order valence-electron chi connectivity index (χ0n) is 9.36. The highest BCUT2D eigenvalue weighted by molar-refractivity contribution is 7.85. The van der Waals surface area contributed by atoms with Crippen LogP contribution in [0, 0.1) is 5.92 Å². The summed E-state index contributed by atoms with van der Waals surface area (Å²) in [6.45, 7) is 5.74. The van der Waals surface area contributed by atoms with Crippen LogP contribution in [0.25, 0.3) is 0 Å². The molecule has 0 aromatic heterocycles. The fraction of sp³-hybridized carbons (Fsp3) is 0.889. The van der Waals surface area contributed by atoms with Crippen molar-refractivity contribution < 1.29 is 17.8 Å². The van der Waals surface area contributed by atoms with Gasteiger partial charge >= 0.3 is 0 Å². The second-order valence-corrected chi connectivity index (χ2v) is 5.50. The molecule has 0 amide bonds. The molecule has 6 heteroatoms. The molecule has 0 bridgehead atoms. The number of rotatable bonds is 7. The molecule has 0 saturated heterocycles. The predicted octanol–water partition coefficient (Wildman–Crippen LogP) is 0.468. The van der Waals surface area contributed by atoms with Crippen LogP contribution >= 0.6 is 0 Å². The van der Waals surface area contributed by atoms with E-state index in [-0.39, 0.29) is 23.5 Å². The fourth-order valence-corrected chi connectivity index (χ4v) is 1.87. The van der Waals surface area contributed by atoms with E-state index in [2.05, 4.69) is 5.32 Å². The Balaban J connectivity index is 3.88. The van der Waals surface area contributed by atoms with Gasteiger partial charge in [-0.3, -0.25) is 9.35 Å². The van der Waals surface area contributed by atoms with E-state index in [0.717, 1.165) is 0 Å². The minimum absolute atomic E-state index is 0.0388. The van der Waals surface area contributed by atoms with Gasteiger partial charge in [0.05, 0.1) is 11.8 Å². The maximum Gasteiger partial charge on any atom is 0.264 e. The van der Waals surface area contributed by atoms with E-state index in [1.807, 2.05) is 13.8 Å². The van der Waals surface area contributed by atoms with Crippen LogP contribution in [0.5, 0.6) is 0 Å². The summed E-state index contributed by atoms with van der Waals surface area (Å²) in [6, 6.07) is -0.244. The molecule has 90 valence electrons. The average molecular weight is 237 g/mol. The Labute approximate surface area is 91.0 Å². The molecule has 0 radical (unpaired) electrons. The summed E-state index contributed by atoms with van der Waals surface area (Å²) in [5.74, 6) is -0.0620. The van der Waals surface area contributed by atoms with Gasteiger partial charge in [-0.25, -0.2) is 0 Å². The number of carbonyl (C=O) groups excluding carboxylic acids is 1. The molecule has 0 aliphatic rings. The maximum atomic E-state index is 11.1. The lowest BCUT2D eigenvalue weighted by atomic mass is 10.0. The third-order valence-electron chi connectivity index (χ3n) is 2.05. The standard InChI is InChI=1S/C9H19NO4S/c1-7(2)9(8(3)11)10-5-4-6-15(12,13)14/h7,9-10H,4-6H2,1-3H3,(H,12,13,14)/t9-/m0/s1. The molecule has 0 saturated carbocycles. The van der Waals surface area contributed by atoms with Crippen molar-refractivity contribution in [3.05, 3.63) is 0 Å². The van der Waals surface area contributed by atoms with E-state index in [9.17, 15) is 13.2 Å². The molecule has 2 N–H and O–H groups in total. The molecule has 0 aromatic rings. The molecule has 0 aromatic carbocycles. The van der Waals surface area contributed by atoms with Gasteiger partial charge in [0.2, 0.25) is 0 Å². The van der Waals surface area contributed by atoms with Crippen LogP contribution in [0.4, 0.5) is 0 Å². The van der Waals surface area contributed by atoms with Crippen LogP contribution in [0.1, 0.15) is 27.2 Å². The highest BCUT2D eigenvalue weighted by atomic mass is 32.2. The number of Topliss-reactive ketones (excluding diaryl/α,β-unsaturated/α-hetero) is 1. The number of ketones is 1. The average Bonchev–Trinajstić information content (AvgIpc) is 2.00. The Hall–Kier alpha value is -0.460. The van der Waals surface area contributed by atoms with Gasteiger partial charge in [-0.1, -0.05) is 13.8 Å². The molecular weight excluding hydrogens is 218 g/mol. The highest BCUT2D eigenvalue weighted by Crippen LogP contribution is 2.02. The Kier molecular flexibility index (Phi) is 6.00. The topological polar surface area (TPSA) is 83.5 Å². The lowest BCUT2D eigenvalue weighted by Gasteiger charge is -2.19. The first-order valence-corrected chi connectivity index (χ1v) is 6.54. The summed E-state index contributed by atoms with van der Waals surface area (Å²) in [5.41, 5.74) is 0. The van der Waals surface area contributed by atoms with Crippen LogP contribution in [0.15, 0.2) is 0 Å². The van der Waals surface area contributed by atoms with Crippen molar-refractivity contribution >= 4 is 15.9 Å². The summed E-state index contributed by atoms with van der Waals surface area (Å²) in [4.78, 5) is 11.1.